The largest absolute Gasteiger partial charge is 0.399 e. The zero-order chi connectivity index (χ0) is 19.5. The van der Waals surface area contributed by atoms with Crippen LogP contribution in [0.25, 0.3) is 11.1 Å². The van der Waals surface area contributed by atoms with Gasteiger partial charge in [0.2, 0.25) is 0 Å². The Morgan fingerprint density at radius 2 is 0.964 bits per heavy atom. The second kappa shape index (κ2) is 7.49. The lowest BCUT2D eigenvalue weighted by Crippen LogP contribution is -2.10. The van der Waals surface area contributed by atoms with Gasteiger partial charge >= 0.3 is 0 Å². The standard InChI is InChI=1S/C25H23N3/c1-18-4-2-3-5-25(18)19-6-12-22(13-7-19)28(23-14-8-20(26)9-15-23)24-16-10-21(27)11-17-24/h2-17H,26-27H2,1H3. The normalized spacial score (nSPS) is 10.6. The third-order valence-electron chi connectivity index (χ3n) is 4.88. The zero-order valence-corrected chi connectivity index (χ0v) is 15.8. The summed E-state index contributed by atoms with van der Waals surface area (Å²) >= 11 is 0. The minimum absolute atomic E-state index is 0.746. The Balaban J connectivity index is 1.77. The third-order valence-corrected chi connectivity index (χ3v) is 4.88. The van der Waals surface area contributed by atoms with Crippen LogP contribution in [0.3, 0.4) is 0 Å². The van der Waals surface area contributed by atoms with Gasteiger partial charge in [0.05, 0.1) is 0 Å². The Morgan fingerprint density at radius 3 is 1.43 bits per heavy atom. The Labute approximate surface area is 165 Å². The Morgan fingerprint density at radius 1 is 0.536 bits per heavy atom. The molecule has 4 N–H and O–H groups in total. The van der Waals surface area contributed by atoms with Gasteiger partial charge in [0.25, 0.3) is 0 Å². The smallest absolute Gasteiger partial charge is 0.0463 e. The van der Waals surface area contributed by atoms with E-state index in [1.807, 2.05) is 48.5 Å². The monoisotopic (exact) mass is 365 g/mol. The maximum Gasteiger partial charge on any atom is 0.0463 e. The number of nitrogen functional groups attached to an aromatic ring is 2. The van der Waals surface area contributed by atoms with E-state index in [-0.39, 0.29) is 0 Å². The molecule has 0 saturated heterocycles. The molecule has 28 heavy (non-hydrogen) atoms. The number of nitrogens with zero attached hydrogens (tertiary/aromatic N) is 1. The predicted octanol–water partition coefficient (Wildman–Crippen LogP) is 6.30. The van der Waals surface area contributed by atoms with E-state index in [2.05, 4.69) is 60.4 Å². The van der Waals surface area contributed by atoms with E-state index >= 15 is 0 Å². The van der Waals surface area contributed by atoms with E-state index in [1.165, 1.54) is 16.7 Å². The summed E-state index contributed by atoms with van der Waals surface area (Å²) in [6.45, 7) is 2.14. The highest BCUT2D eigenvalue weighted by Gasteiger charge is 2.12. The molecule has 0 amide bonds. The summed E-state index contributed by atoms with van der Waals surface area (Å²) in [6.07, 6.45) is 0. The topological polar surface area (TPSA) is 55.3 Å². The molecular formula is C25H23N3. The fourth-order valence-electron chi connectivity index (χ4n) is 3.38. The highest BCUT2D eigenvalue weighted by Crippen LogP contribution is 2.36. The lowest BCUT2D eigenvalue weighted by Gasteiger charge is -2.26. The van der Waals surface area contributed by atoms with E-state index in [0.29, 0.717) is 0 Å². The lowest BCUT2D eigenvalue weighted by atomic mass is 10.0. The van der Waals surface area contributed by atoms with E-state index in [0.717, 1.165) is 28.4 Å². The van der Waals surface area contributed by atoms with Crippen LogP contribution < -0.4 is 16.4 Å². The van der Waals surface area contributed by atoms with Gasteiger partial charge in [-0.2, -0.15) is 0 Å². The van der Waals surface area contributed by atoms with Crippen molar-refractivity contribution in [1.82, 2.24) is 0 Å². The number of anilines is 5. The van der Waals surface area contributed by atoms with Gasteiger partial charge in [0.15, 0.2) is 0 Å². The highest BCUT2D eigenvalue weighted by atomic mass is 15.1. The molecule has 0 fully saturated rings. The first-order valence-electron chi connectivity index (χ1n) is 9.29. The summed E-state index contributed by atoms with van der Waals surface area (Å²) in [4.78, 5) is 2.19. The zero-order valence-electron chi connectivity index (χ0n) is 15.8. The predicted molar refractivity (Wildman–Crippen MR) is 120 cm³/mol. The Hall–Kier alpha value is -3.72. The first-order chi connectivity index (χ1) is 13.6. The molecule has 0 atom stereocenters. The molecule has 3 nitrogen and oxygen atoms in total. The van der Waals surface area contributed by atoms with Gasteiger partial charge in [-0.25, -0.2) is 0 Å². The SMILES string of the molecule is Cc1ccccc1-c1ccc(N(c2ccc(N)cc2)c2ccc(N)cc2)cc1. The van der Waals surface area contributed by atoms with Crippen molar-refractivity contribution < 1.29 is 0 Å². The molecule has 0 saturated carbocycles. The minimum atomic E-state index is 0.746. The molecule has 0 aromatic heterocycles. The van der Waals surface area contributed by atoms with Crippen molar-refractivity contribution in [1.29, 1.82) is 0 Å². The molecule has 4 aromatic rings. The molecule has 3 heteroatoms. The first-order valence-corrected chi connectivity index (χ1v) is 9.29. The second-order valence-corrected chi connectivity index (χ2v) is 6.88. The molecule has 0 aliphatic rings. The summed E-state index contributed by atoms with van der Waals surface area (Å²) in [6, 6.07) is 32.8. The maximum absolute atomic E-state index is 5.89. The van der Waals surface area contributed by atoms with Gasteiger partial charge in [0.1, 0.15) is 0 Å². The van der Waals surface area contributed by atoms with Crippen LogP contribution in [0, 0.1) is 6.92 Å². The Kier molecular flexibility index (Phi) is 4.73. The molecule has 0 aliphatic carbocycles. The summed E-state index contributed by atoms with van der Waals surface area (Å²) in [7, 11) is 0. The fraction of sp³-hybridized carbons (Fsp3) is 0.0400. The van der Waals surface area contributed by atoms with Crippen molar-refractivity contribution in [3.63, 3.8) is 0 Å². The number of nitrogens with two attached hydrogens (primary N) is 2. The number of hydrogen-bond donors (Lipinski definition) is 2. The molecule has 0 unspecified atom stereocenters. The van der Waals surface area contributed by atoms with Crippen LogP contribution in [0.4, 0.5) is 28.4 Å². The van der Waals surface area contributed by atoms with Crippen molar-refractivity contribution in [2.75, 3.05) is 16.4 Å². The van der Waals surface area contributed by atoms with Gasteiger partial charge in [0, 0.05) is 28.4 Å². The van der Waals surface area contributed by atoms with E-state index < -0.39 is 0 Å². The quantitative estimate of drug-likeness (QED) is 0.417. The molecule has 4 aromatic carbocycles. The molecule has 4 rings (SSSR count). The van der Waals surface area contributed by atoms with Gasteiger partial charge < -0.3 is 16.4 Å². The van der Waals surface area contributed by atoms with Crippen LogP contribution in [0.1, 0.15) is 5.56 Å². The van der Waals surface area contributed by atoms with Crippen molar-refractivity contribution >= 4 is 28.4 Å². The van der Waals surface area contributed by atoms with E-state index in [4.69, 9.17) is 11.5 Å². The minimum Gasteiger partial charge on any atom is -0.399 e. The third kappa shape index (κ3) is 3.55. The average Bonchev–Trinajstić information content (AvgIpc) is 2.72. The van der Waals surface area contributed by atoms with Crippen molar-refractivity contribution in [3.8, 4) is 11.1 Å². The van der Waals surface area contributed by atoms with Gasteiger partial charge in [-0.05, 0) is 84.3 Å². The molecule has 0 aliphatic heterocycles. The summed E-state index contributed by atoms with van der Waals surface area (Å²) < 4.78 is 0. The molecular weight excluding hydrogens is 342 g/mol. The fourth-order valence-corrected chi connectivity index (χ4v) is 3.38. The number of hydrogen-bond acceptors (Lipinski definition) is 3. The molecule has 0 bridgehead atoms. The van der Waals surface area contributed by atoms with Gasteiger partial charge in [-0.15, -0.1) is 0 Å². The van der Waals surface area contributed by atoms with Crippen LogP contribution in [0.15, 0.2) is 97.1 Å². The van der Waals surface area contributed by atoms with Crippen LogP contribution in [0.5, 0.6) is 0 Å². The van der Waals surface area contributed by atoms with Crippen LogP contribution in [0.2, 0.25) is 0 Å². The first kappa shape index (κ1) is 17.7. The van der Waals surface area contributed by atoms with Gasteiger partial charge in [-0.3, -0.25) is 0 Å². The van der Waals surface area contributed by atoms with Crippen LogP contribution >= 0.6 is 0 Å². The van der Waals surface area contributed by atoms with Crippen LogP contribution in [-0.4, -0.2) is 0 Å². The van der Waals surface area contributed by atoms with E-state index in [9.17, 15) is 0 Å². The van der Waals surface area contributed by atoms with Crippen molar-refractivity contribution in [3.05, 3.63) is 103 Å². The van der Waals surface area contributed by atoms with E-state index in [1.54, 1.807) is 0 Å². The molecule has 138 valence electrons. The summed E-state index contributed by atoms with van der Waals surface area (Å²) in [5.74, 6) is 0. The average molecular weight is 365 g/mol. The number of aryl methyl sites for hydroxylation is 1. The van der Waals surface area contributed by atoms with Crippen molar-refractivity contribution in [2.24, 2.45) is 0 Å². The molecule has 0 spiro atoms. The van der Waals surface area contributed by atoms with Gasteiger partial charge in [-0.1, -0.05) is 36.4 Å². The summed E-state index contributed by atoms with van der Waals surface area (Å²) in [5, 5.41) is 0. The molecule has 0 heterocycles. The number of rotatable bonds is 4. The number of benzene rings is 4. The summed E-state index contributed by atoms with van der Waals surface area (Å²) in [5.41, 5.74) is 20.2. The maximum atomic E-state index is 5.89. The Bertz CT molecular complexity index is 1020. The molecule has 0 radical (unpaired) electrons. The van der Waals surface area contributed by atoms with Crippen LogP contribution in [-0.2, 0) is 0 Å². The second-order valence-electron chi connectivity index (χ2n) is 6.88. The van der Waals surface area contributed by atoms with Crippen molar-refractivity contribution in [2.45, 2.75) is 6.92 Å². The highest BCUT2D eigenvalue weighted by molar-refractivity contribution is 5.79. The lowest BCUT2D eigenvalue weighted by molar-refractivity contribution is 1.28.